The van der Waals surface area contributed by atoms with Gasteiger partial charge in [0.25, 0.3) is 0 Å². The Morgan fingerprint density at radius 2 is 1.09 bits per heavy atom. The first-order valence-electron chi connectivity index (χ1n) is 18.1. The summed E-state index contributed by atoms with van der Waals surface area (Å²) in [6.07, 6.45) is 4.55. The number of anilines is 2. The van der Waals surface area contributed by atoms with E-state index in [0.717, 1.165) is 38.4 Å². The van der Waals surface area contributed by atoms with Crippen molar-refractivity contribution in [2.75, 3.05) is 42.5 Å². The number of fused-ring (bicyclic) bond motifs is 1. The molecule has 3 aromatic carbocycles. The third-order valence-electron chi connectivity index (χ3n) is 8.50. The van der Waals surface area contributed by atoms with Gasteiger partial charge < -0.3 is 9.80 Å². The molecule has 1 aliphatic carbocycles. The fourth-order valence-corrected chi connectivity index (χ4v) is 6.67. The molecule has 0 saturated heterocycles. The van der Waals surface area contributed by atoms with Gasteiger partial charge in [-0.3, -0.25) is 4.99 Å². The number of aryl methyl sites for hydroxylation is 1. The number of hydrogen-bond donors (Lipinski definition) is 0. The summed E-state index contributed by atoms with van der Waals surface area (Å²) in [6.45, 7) is 30.3. The van der Waals surface area contributed by atoms with E-state index in [9.17, 15) is 0 Å². The van der Waals surface area contributed by atoms with E-state index in [1.165, 1.54) is 50.3 Å². The minimum absolute atomic E-state index is 0.521. The first-order chi connectivity index (χ1) is 22.3. The molecule has 3 heteroatoms. The van der Waals surface area contributed by atoms with Gasteiger partial charge in [-0.2, -0.15) is 0 Å². The molecule has 0 fully saturated rings. The molecule has 0 bridgehead atoms. The molecule has 0 aromatic heterocycles. The van der Waals surface area contributed by atoms with Gasteiger partial charge in [0.05, 0.1) is 5.71 Å². The largest absolute Gasteiger partial charge is 0.371 e. The van der Waals surface area contributed by atoms with Gasteiger partial charge in [-0.15, -0.1) is 0 Å². The predicted octanol–water partition coefficient (Wildman–Crippen LogP) is 11.2. The molecule has 252 valence electrons. The van der Waals surface area contributed by atoms with E-state index >= 15 is 0 Å². The highest BCUT2D eigenvalue weighted by molar-refractivity contribution is 6.19. The molecule has 0 heterocycles. The zero-order valence-electron chi connectivity index (χ0n) is 31.3. The summed E-state index contributed by atoms with van der Waals surface area (Å²) >= 11 is 0. The zero-order chi connectivity index (χ0) is 34.2. The van der Waals surface area contributed by atoms with Crippen molar-refractivity contribution in [2.45, 2.75) is 76.2 Å². The van der Waals surface area contributed by atoms with Crippen LogP contribution in [0.25, 0.3) is 11.1 Å². The Bertz CT molecular complexity index is 1530. The van der Waals surface area contributed by atoms with Gasteiger partial charge in [-0.05, 0) is 100 Å². The number of hydrogen-bond acceptors (Lipinski definition) is 3. The summed E-state index contributed by atoms with van der Waals surface area (Å²) in [5.41, 5.74) is 12.5. The lowest BCUT2D eigenvalue weighted by Crippen LogP contribution is -2.31. The minimum Gasteiger partial charge on any atom is -0.371 e. The Hall–Kier alpha value is -3.59. The SMILES string of the molecule is Cc1cc(N(CC(C)C)CC(C)C)ccc1/C(=C1/C=CC(=NCC(C)C)c2ccccc21)c1ccc(N(CC(C)C)CC(C)C)cc1. The Kier molecular flexibility index (Phi) is 12.7. The molecule has 0 aliphatic heterocycles. The van der Waals surface area contributed by atoms with E-state index in [-0.39, 0.29) is 0 Å². The predicted molar refractivity (Wildman–Crippen MR) is 209 cm³/mol. The van der Waals surface area contributed by atoms with Crippen LogP contribution in [0, 0.1) is 36.5 Å². The van der Waals surface area contributed by atoms with Gasteiger partial charge >= 0.3 is 0 Å². The van der Waals surface area contributed by atoms with E-state index in [1.54, 1.807) is 0 Å². The fourth-order valence-electron chi connectivity index (χ4n) is 6.67. The van der Waals surface area contributed by atoms with Crippen LogP contribution < -0.4 is 9.80 Å². The second-order valence-electron chi connectivity index (χ2n) is 15.7. The van der Waals surface area contributed by atoms with Gasteiger partial charge in [-0.1, -0.05) is 118 Å². The lowest BCUT2D eigenvalue weighted by Gasteiger charge is -2.30. The van der Waals surface area contributed by atoms with E-state index in [1.807, 2.05) is 0 Å². The molecule has 3 aromatic rings. The lowest BCUT2D eigenvalue weighted by atomic mass is 9.82. The van der Waals surface area contributed by atoms with Crippen molar-refractivity contribution in [1.82, 2.24) is 0 Å². The van der Waals surface area contributed by atoms with Gasteiger partial charge in [0.15, 0.2) is 0 Å². The van der Waals surface area contributed by atoms with Crippen LogP contribution in [-0.4, -0.2) is 38.4 Å². The van der Waals surface area contributed by atoms with Crippen molar-refractivity contribution in [3.05, 3.63) is 107 Å². The molecule has 0 amide bonds. The maximum absolute atomic E-state index is 5.03. The lowest BCUT2D eigenvalue weighted by molar-refractivity contribution is 0.552. The summed E-state index contributed by atoms with van der Waals surface area (Å²) in [6, 6.07) is 25.3. The molecule has 4 rings (SSSR count). The molecule has 0 unspecified atom stereocenters. The number of rotatable bonds is 14. The van der Waals surface area contributed by atoms with Crippen LogP contribution in [-0.2, 0) is 0 Å². The molecule has 0 atom stereocenters. The second kappa shape index (κ2) is 16.5. The summed E-state index contributed by atoms with van der Waals surface area (Å²) in [5, 5.41) is 0. The van der Waals surface area contributed by atoms with Crippen LogP contribution in [0.5, 0.6) is 0 Å². The number of allylic oxidation sites excluding steroid dienone is 3. The summed E-state index contributed by atoms with van der Waals surface area (Å²) in [4.78, 5) is 10.2. The summed E-state index contributed by atoms with van der Waals surface area (Å²) in [5.74, 6) is 2.94. The minimum atomic E-state index is 0.521. The van der Waals surface area contributed by atoms with E-state index in [0.29, 0.717) is 29.6 Å². The van der Waals surface area contributed by atoms with Crippen LogP contribution in [0.2, 0.25) is 0 Å². The van der Waals surface area contributed by atoms with Crippen molar-refractivity contribution in [3.63, 3.8) is 0 Å². The maximum atomic E-state index is 5.03. The molecule has 0 spiro atoms. The topological polar surface area (TPSA) is 18.8 Å². The van der Waals surface area contributed by atoms with Crippen LogP contribution in [0.1, 0.15) is 97.1 Å². The van der Waals surface area contributed by atoms with E-state index < -0.39 is 0 Å². The van der Waals surface area contributed by atoms with Crippen LogP contribution >= 0.6 is 0 Å². The Balaban J connectivity index is 1.91. The first-order valence-corrected chi connectivity index (χ1v) is 18.1. The van der Waals surface area contributed by atoms with Crippen LogP contribution in [0.4, 0.5) is 11.4 Å². The highest BCUT2D eigenvalue weighted by Gasteiger charge is 2.22. The molecule has 0 radical (unpaired) electrons. The van der Waals surface area contributed by atoms with Crippen molar-refractivity contribution < 1.29 is 0 Å². The number of benzene rings is 3. The highest BCUT2D eigenvalue weighted by atomic mass is 15.1. The summed E-state index contributed by atoms with van der Waals surface area (Å²) in [7, 11) is 0. The monoisotopic (exact) mass is 631 g/mol. The Morgan fingerprint density at radius 1 is 0.574 bits per heavy atom. The normalized spacial score (nSPS) is 15.0. The molecular weight excluding hydrogens is 571 g/mol. The van der Waals surface area contributed by atoms with E-state index in [2.05, 4.69) is 165 Å². The zero-order valence-corrected chi connectivity index (χ0v) is 31.3. The third-order valence-corrected chi connectivity index (χ3v) is 8.50. The number of aliphatic imine (C=N–C) groups is 1. The van der Waals surface area contributed by atoms with Gasteiger partial charge in [-0.25, -0.2) is 0 Å². The van der Waals surface area contributed by atoms with Gasteiger partial charge in [0, 0.05) is 49.7 Å². The Labute approximate surface area is 287 Å². The third kappa shape index (κ3) is 9.72. The van der Waals surface area contributed by atoms with Crippen molar-refractivity contribution in [2.24, 2.45) is 34.6 Å². The molecule has 47 heavy (non-hydrogen) atoms. The standard InChI is InChI=1S/C44H61N3/c1-30(2)25-45-43-23-22-42(40-14-12-13-15-41(40)43)44(36-16-18-37(19-17-36)46(26-31(3)4)27-32(5)6)39-21-20-38(24-35(39)11)47(28-33(7)8)29-34(9)10/h12-24,30-34H,25-29H2,1-11H3/b44-42-,45-43?. The highest BCUT2D eigenvalue weighted by Crippen LogP contribution is 2.40. The van der Waals surface area contributed by atoms with Crippen LogP contribution in [0.15, 0.2) is 83.9 Å². The smallest absolute Gasteiger partial charge is 0.0653 e. The van der Waals surface area contributed by atoms with Crippen molar-refractivity contribution in [3.8, 4) is 0 Å². The average molecular weight is 632 g/mol. The quantitative estimate of drug-likeness (QED) is 0.176. The van der Waals surface area contributed by atoms with Gasteiger partial charge in [0.2, 0.25) is 0 Å². The summed E-state index contributed by atoms with van der Waals surface area (Å²) < 4.78 is 0. The molecule has 0 saturated carbocycles. The maximum Gasteiger partial charge on any atom is 0.0653 e. The second-order valence-corrected chi connectivity index (χ2v) is 15.7. The average Bonchev–Trinajstić information content (AvgIpc) is 3.00. The van der Waals surface area contributed by atoms with Crippen molar-refractivity contribution in [1.29, 1.82) is 0 Å². The molecule has 0 N–H and O–H groups in total. The first kappa shape index (κ1) is 36.2. The van der Waals surface area contributed by atoms with Crippen LogP contribution in [0.3, 0.4) is 0 Å². The van der Waals surface area contributed by atoms with E-state index in [4.69, 9.17) is 4.99 Å². The number of nitrogens with zero attached hydrogens (tertiary/aromatic N) is 3. The molecule has 3 nitrogen and oxygen atoms in total. The van der Waals surface area contributed by atoms with Crippen molar-refractivity contribution >= 4 is 28.2 Å². The molecular formula is C44H61N3. The fraction of sp³-hybridized carbons (Fsp3) is 0.477. The molecule has 1 aliphatic rings. The Morgan fingerprint density at radius 3 is 1.60 bits per heavy atom. The van der Waals surface area contributed by atoms with Gasteiger partial charge in [0.1, 0.15) is 0 Å².